The predicted molar refractivity (Wildman–Crippen MR) is 74.7 cm³/mol. The molecule has 1 saturated heterocycles. The van der Waals surface area contributed by atoms with Crippen LogP contribution in [0.4, 0.5) is 0 Å². The van der Waals surface area contributed by atoms with E-state index in [9.17, 15) is 0 Å². The SMILES string of the molecule is C1CCC(N2CC3(CCCC3)NCC2C2CC2)C1. The molecule has 1 unspecified atom stereocenters. The van der Waals surface area contributed by atoms with E-state index in [0.717, 1.165) is 18.0 Å². The number of nitrogens with zero attached hydrogens (tertiary/aromatic N) is 1. The topological polar surface area (TPSA) is 15.3 Å². The highest BCUT2D eigenvalue weighted by molar-refractivity contribution is 5.05. The lowest BCUT2D eigenvalue weighted by molar-refractivity contribution is 0.0345. The van der Waals surface area contributed by atoms with Gasteiger partial charge in [0.2, 0.25) is 0 Å². The van der Waals surface area contributed by atoms with Crippen molar-refractivity contribution in [3.05, 3.63) is 0 Å². The number of hydrogen-bond acceptors (Lipinski definition) is 2. The molecule has 0 bridgehead atoms. The fourth-order valence-electron chi connectivity index (χ4n) is 4.90. The quantitative estimate of drug-likeness (QED) is 0.808. The van der Waals surface area contributed by atoms with Crippen molar-refractivity contribution in [3.63, 3.8) is 0 Å². The molecule has 3 saturated carbocycles. The molecule has 2 heteroatoms. The minimum atomic E-state index is 0.522. The molecule has 4 fully saturated rings. The minimum Gasteiger partial charge on any atom is -0.308 e. The first-order chi connectivity index (χ1) is 8.86. The summed E-state index contributed by atoms with van der Waals surface area (Å²) in [5.74, 6) is 1.04. The zero-order chi connectivity index (χ0) is 12.0. The molecule has 3 aliphatic carbocycles. The smallest absolute Gasteiger partial charge is 0.0309 e. The summed E-state index contributed by atoms with van der Waals surface area (Å²) in [6, 6.07) is 1.83. The Labute approximate surface area is 111 Å². The third kappa shape index (κ3) is 2.02. The van der Waals surface area contributed by atoms with Crippen LogP contribution in [0.2, 0.25) is 0 Å². The zero-order valence-corrected chi connectivity index (χ0v) is 11.7. The van der Waals surface area contributed by atoms with Gasteiger partial charge in [-0.1, -0.05) is 25.7 Å². The van der Waals surface area contributed by atoms with E-state index in [2.05, 4.69) is 10.2 Å². The molecule has 102 valence electrons. The monoisotopic (exact) mass is 248 g/mol. The lowest BCUT2D eigenvalue weighted by atomic mass is 9.89. The van der Waals surface area contributed by atoms with Crippen molar-refractivity contribution in [1.82, 2.24) is 10.2 Å². The van der Waals surface area contributed by atoms with Crippen molar-refractivity contribution >= 4 is 0 Å². The van der Waals surface area contributed by atoms with E-state index in [4.69, 9.17) is 0 Å². The summed E-state index contributed by atoms with van der Waals surface area (Å²) < 4.78 is 0. The third-order valence-corrected chi connectivity index (χ3v) is 6.12. The third-order valence-electron chi connectivity index (χ3n) is 6.12. The second-order valence-electron chi connectivity index (χ2n) is 7.38. The Bertz CT molecular complexity index is 298. The normalized spacial score (nSPS) is 37.7. The number of rotatable bonds is 2. The standard InChI is InChI=1S/C16H28N2/c1-2-6-14(5-1)18-12-16(9-3-4-10-16)17-11-15(18)13-7-8-13/h13-15,17H,1-12H2. The second-order valence-corrected chi connectivity index (χ2v) is 7.38. The molecular formula is C16H28N2. The molecule has 0 aromatic heterocycles. The van der Waals surface area contributed by atoms with Gasteiger partial charge in [-0.15, -0.1) is 0 Å². The van der Waals surface area contributed by atoms with Gasteiger partial charge >= 0.3 is 0 Å². The molecule has 0 aromatic carbocycles. The molecule has 4 aliphatic rings. The fourth-order valence-corrected chi connectivity index (χ4v) is 4.90. The van der Waals surface area contributed by atoms with Gasteiger partial charge in [0.15, 0.2) is 0 Å². The average Bonchev–Trinajstić information content (AvgIpc) is 2.91. The van der Waals surface area contributed by atoms with Crippen LogP contribution in [0.25, 0.3) is 0 Å². The molecule has 1 spiro atoms. The highest BCUT2D eigenvalue weighted by atomic mass is 15.3. The van der Waals surface area contributed by atoms with Crippen molar-refractivity contribution in [3.8, 4) is 0 Å². The molecule has 1 N–H and O–H groups in total. The molecule has 4 rings (SSSR count). The van der Waals surface area contributed by atoms with E-state index in [0.29, 0.717) is 5.54 Å². The first-order valence-corrected chi connectivity index (χ1v) is 8.37. The Hall–Kier alpha value is -0.0800. The van der Waals surface area contributed by atoms with Crippen LogP contribution >= 0.6 is 0 Å². The van der Waals surface area contributed by atoms with Crippen molar-refractivity contribution in [2.24, 2.45) is 5.92 Å². The second kappa shape index (κ2) is 4.49. The Morgan fingerprint density at radius 3 is 2.28 bits per heavy atom. The van der Waals surface area contributed by atoms with Gasteiger partial charge < -0.3 is 5.32 Å². The Morgan fingerprint density at radius 2 is 1.61 bits per heavy atom. The maximum atomic E-state index is 3.98. The van der Waals surface area contributed by atoms with Crippen LogP contribution < -0.4 is 5.32 Å². The summed E-state index contributed by atoms with van der Waals surface area (Å²) in [5.41, 5.74) is 0.522. The largest absolute Gasteiger partial charge is 0.308 e. The summed E-state index contributed by atoms with van der Waals surface area (Å²) >= 11 is 0. The number of piperazine rings is 1. The highest BCUT2D eigenvalue weighted by Crippen LogP contribution is 2.43. The van der Waals surface area contributed by atoms with Crippen molar-refractivity contribution < 1.29 is 0 Å². The molecule has 1 atom stereocenters. The molecule has 1 heterocycles. The Morgan fingerprint density at radius 1 is 0.889 bits per heavy atom. The van der Waals surface area contributed by atoms with Gasteiger partial charge in [-0.3, -0.25) is 4.90 Å². The highest BCUT2D eigenvalue weighted by Gasteiger charge is 2.47. The van der Waals surface area contributed by atoms with Crippen molar-refractivity contribution in [1.29, 1.82) is 0 Å². The van der Waals surface area contributed by atoms with Gasteiger partial charge in [-0.2, -0.15) is 0 Å². The van der Waals surface area contributed by atoms with Crippen LogP contribution in [-0.4, -0.2) is 35.6 Å². The average molecular weight is 248 g/mol. The maximum Gasteiger partial charge on any atom is 0.0309 e. The minimum absolute atomic E-state index is 0.522. The van der Waals surface area contributed by atoms with E-state index >= 15 is 0 Å². The summed E-state index contributed by atoms with van der Waals surface area (Å²) in [5, 5.41) is 3.98. The van der Waals surface area contributed by atoms with Crippen LogP contribution in [0.5, 0.6) is 0 Å². The van der Waals surface area contributed by atoms with Gasteiger partial charge in [0, 0.05) is 30.7 Å². The summed E-state index contributed by atoms with van der Waals surface area (Å²) in [7, 11) is 0. The van der Waals surface area contributed by atoms with Crippen LogP contribution in [0.3, 0.4) is 0 Å². The van der Waals surface area contributed by atoms with E-state index in [1.165, 1.54) is 77.3 Å². The lowest BCUT2D eigenvalue weighted by Gasteiger charge is -2.49. The Balaban J connectivity index is 1.52. The van der Waals surface area contributed by atoms with E-state index < -0.39 is 0 Å². The lowest BCUT2D eigenvalue weighted by Crippen LogP contribution is -2.65. The van der Waals surface area contributed by atoms with Crippen molar-refractivity contribution in [2.45, 2.75) is 81.8 Å². The summed E-state index contributed by atoms with van der Waals surface area (Å²) in [6.07, 6.45) is 14.7. The van der Waals surface area contributed by atoms with Crippen LogP contribution in [0.1, 0.15) is 64.2 Å². The van der Waals surface area contributed by atoms with Gasteiger partial charge in [0.1, 0.15) is 0 Å². The van der Waals surface area contributed by atoms with E-state index in [1.54, 1.807) is 0 Å². The van der Waals surface area contributed by atoms with Gasteiger partial charge in [0.05, 0.1) is 0 Å². The predicted octanol–water partition coefficient (Wildman–Crippen LogP) is 2.93. The van der Waals surface area contributed by atoms with Gasteiger partial charge in [0.25, 0.3) is 0 Å². The van der Waals surface area contributed by atoms with Gasteiger partial charge in [-0.25, -0.2) is 0 Å². The van der Waals surface area contributed by atoms with Gasteiger partial charge in [-0.05, 0) is 44.4 Å². The first kappa shape index (κ1) is 11.7. The molecule has 1 aliphatic heterocycles. The number of hydrogen-bond donors (Lipinski definition) is 1. The maximum absolute atomic E-state index is 3.98. The first-order valence-electron chi connectivity index (χ1n) is 8.37. The fraction of sp³-hybridized carbons (Fsp3) is 1.00. The summed E-state index contributed by atoms with van der Waals surface area (Å²) in [4.78, 5) is 2.98. The van der Waals surface area contributed by atoms with Crippen LogP contribution in [-0.2, 0) is 0 Å². The van der Waals surface area contributed by atoms with Crippen molar-refractivity contribution in [2.75, 3.05) is 13.1 Å². The molecule has 0 aromatic rings. The molecular weight excluding hydrogens is 220 g/mol. The molecule has 2 nitrogen and oxygen atoms in total. The molecule has 0 radical (unpaired) electrons. The molecule has 0 amide bonds. The van der Waals surface area contributed by atoms with E-state index in [1.807, 2.05) is 0 Å². The zero-order valence-electron chi connectivity index (χ0n) is 11.7. The van der Waals surface area contributed by atoms with Crippen LogP contribution in [0.15, 0.2) is 0 Å². The van der Waals surface area contributed by atoms with E-state index in [-0.39, 0.29) is 0 Å². The van der Waals surface area contributed by atoms with Crippen LogP contribution in [0, 0.1) is 5.92 Å². The number of nitrogens with one attached hydrogen (secondary N) is 1. The summed E-state index contributed by atoms with van der Waals surface area (Å²) in [6.45, 7) is 2.67. The Kier molecular flexibility index (Phi) is 2.92. The molecule has 18 heavy (non-hydrogen) atoms.